The van der Waals surface area contributed by atoms with Gasteiger partial charge in [0.2, 0.25) is 11.8 Å². The van der Waals surface area contributed by atoms with Gasteiger partial charge in [0.05, 0.1) is 17.3 Å². The molecular weight excluding hydrogens is 344 g/mol. The Morgan fingerprint density at radius 1 is 1.27 bits per heavy atom. The molecule has 0 saturated heterocycles. The number of carbonyl (C=O) groups excluding carboxylic acids is 2. The molecule has 1 aliphatic heterocycles. The Balaban J connectivity index is 1.90. The van der Waals surface area contributed by atoms with Crippen LogP contribution in [0.15, 0.2) is 12.3 Å². The van der Waals surface area contributed by atoms with E-state index in [2.05, 4.69) is 10.3 Å². The number of aromatic nitrogens is 1. The molecule has 1 N–H and O–H groups in total. The lowest BCUT2D eigenvalue weighted by atomic mass is 9.69. The van der Waals surface area contributed by atoms with Gasteiger partial charge in [0, 0.05) is 25.5 Å². The maximum Gasteiger partial charge on any atom is 0.412 e. The number of fused-ring (bicyclic) bond motifs is 2. The Kier molecular flexibility index (Phi) is 4.20. The number of carbonyl (C=O) groups is 2. The molecule has 26 heavy (non-hydrogen) atoms. The van der Waals surface area contributed by atoms with Gasteiger partial charge in [0.15, 0.2) is 0 Å². The fourth-order valence-corrected chi connectivity index (χ4v) is 3.62. The summed E-state index contributed by atoms with van der Waals surface area (Å²) in [6.07, 6.45) is 0.247. The lowest BCUT2D eigenvalue weighted by molar-refractivity contribution is -0.127. The predicted octanol–water partition coefficient (Wildman–Crippen LogP) is 3.85. The average molecular weight is 367 g/mol. The Morgan fingerprint density at radius 3 is 2.46 bits per heavy atom. The van der Waals surface area contributed by atoms with Crippen molar-refractivity contribution >= 4 is 23.5 Å². The summed E-state index contributed by atoms with van der Waals surface area (Å²) in [4.78, 5) is 30.5. The minimum atomic E-state index is -2.74. The monoisotopic (exact) mass is 367 g/mol. The van der Waals surface area contributed by atoms with Gasteiger partial charge in [-0.3, -0.25) is 15.0 Å². The van der Waals surface area contributed by atoms with Crippen molar-refractivity contribution in [1.82, 2.24) is 4.98 Å². The number of likely N-dealkylation sites (N-methyl/N-ethyl adjacent to an activating group) is 1. The lowest BCUT2D eigenvalue weighted by Gasteiger charge is -2.35. The zero-order chi connectivity index (χ0) is 19.3. The van der Waals surface area contributed by atoms with Gasteiger partial charge in [-0.05, 0) is 39.7 Å². The summed E-state index contributed by atoms with van der Waals surface area (Å²) in [5.41, 5.74) is -0.683. The number of nitrogens with zero attached hydrogens (tertiary/aromatic N) is 2. The van der Waals surface area contributed by atoms with Gasteiger partial charge in [-0.15, -0.1) is 0 Å². The Hall–Kier alpha value is -2.25. The number of pyridine rings is 1. The van der Waals surface area contributed by atoms with Crippen molar-refractivity contribution in [2.45, 2.75) is 63.4 Å². The first kappa shape index (κ1) is 18.5. The molecule has 1 saturated carbocycles. The Bertz CT molecular complexity index is 749. The Morgan fingerprint density at radius 2 is 1.88 bits per heavy atom. The predicted molar refractivity (Wildman–Crippen MR) is 92.6 cm³/mol. The minimum absolute atomic E-state index is 0.0632. The largest absolute Gasteiger partial charge is 0.444 e. The van der Waals surface area contributed by atoms with Gasteiger partial charge in [-0.1, -0.05) is 0 Å². The van der Waals surface area contributed by atoms with Crippen LogP contribution >= 0.6 is 0 Å². The molecule has 2 amide bonds. The molecule has 3 rings (SSSR count). The molecule has 0 atom stereocenters. The number of anilines is 2. The molecule has 0 unspecified atom stereocenters. The van der Waals surface area contributed by atoms with E-state index in [0.717, 1.165) is 0 Å². The van der Waals surface area contributed by atoms with Crippen LogP contribution < -0.4 is 10.2 Å². The third-order valence-electron chi connectivity index (χ3n) is 4.89. The zero-order valence-corrected chi connectivity index (χ0v) is 15.4. The summed E-state index contributed by atoms with van der Waals surface area (Å²) in [7, 11) is 1.59. The van der Waals surface area contributed by atoms with Crippen LogP contribution in [0.25, 0.3) is 0 Å². The molecule has 1 aromatic rings. The van der Waals surface area contributed by atoms with Crippen molar-refractivity contribution in [2.75, 3.05) is 17.3 Å². The van der Waals surface area contributed by atoms with Crippen LogP contribution in [0.3, 0.4) is 0 Å². The number of rotatable bonds is 1. The third kappa shape index (κ3) is 3.24. The zero-order valence-electron chi connectivity index (χ0n) is 15.4. The standard InChI is InChI=1S/C18H23F2N3O3/c1-16(2,3)26-15(25)22-11-9-12-13(21-10-11)23(4)14(24)17(12)5-7-18(19,20)8-6-17/h9-10H,5-8H2,1-4H3,(H,22,25). The maximum atomic E-state index is 13.6. The van der Waals surface area contributed by atoms with Gasteiger partial charge in [-0.2, -0.15) is 0 Å². The molecule has 1 aromatic heterocycles. The summed E-state index contributed by atoms with van der Waals surface area (Å²) < 4.78 is 32.5. The van der Waals surface area contributed by atoms with Crippen LogP contribution in [0.4, 0.5) is 25.1 Å². The SMILES string of the molecule is CN1C(=O)C2(CCC(F)(F)CC2)c2cc(NC(=O)OC(C)(C)C)cnc21. The Labute approximate surface area is 150 Å². The van der Waals surface area contributed by atoms with Crippen LogP contribution in [0.2, 0.25) is 0 Å². The van der Waals surface area contributed by atoms with E-state index in [9.17, 15) is 18.4 Å². The van der Waals surface area contributed by atoms with Crippen molar-refractivity contribution in [3.8, 4) is 0 Å². The average Bonchev–Trinajstić information content (AvgIpc) is 2.71. The summed E-state index contributed by atoms with van der Waals surface area (Å²) in [6, 6.07) is 1.65. The van der Waals surface area contributed by atoms with E-state index in [1.165, 1.54) is 11.1 Å². The van der Waals surface area contributed by atoms with E-state index < -0.39 is 23.0 Å². The topological polar surface area (TPSA) is 71.5 Å². The fraction of sp³-hybridized carbons (Fsp3) is 0.611. The summed E-state index contributed by atoms with van der Waals surface area (Å²) >= 11 is 0. The number of hydrogen-bond donors (Lipinski definition) is 1. The first-order valence-electron chi connectivity index (χ1n) is 8.60. The first-order chi connectivity index (χ1) is 11.9. The molecule has 0 aromatic carbocycles. The first-order valence-corrected chi connectivity index (χ1v) is 8.60. The molecule has 1 aliphatic carbocycles. The van der Waals surface area contributed by atoms with Gasteiger partial charge < -0.3 is 4.74 Å². The van der Waals surface area contributed by atoms with Crippen molar-refractivity contribution < 1.29 is 23.1 Å². The third-order valence-corrected chi connectivity index (χ3v) is 4.89. The lowest BCUT2D eigenvalue weighted by Crippen LogP contribution is -2.44. The van der Waals surface area contributed by atoms with Crippen molar-refractivity contribution in [2.24, 2.45) is 0 Å². The van der Waals surface area contributed by atoms with E-state index in [4.69, 9.17) is 4.74 Å². The number of amides is 2. The second-order valence-electron chi connectivity index (χ2n) is 8.02. The number of alkyl halides is 2. The molecule has 0 radical (unpaired) electrons. The van der Waals surface area contributed by atoms with Gasteiger partial charge >= 0.3 is 6.09 Å². The van der Waals surface area contributed by atoms with Crippen LogP contribution in [-0.2, 0) is 14.9 Å². The second-order valence-corrected chi connectivity index (χ2v) is 8.02. The van der Waals surface area contributed by atoms with E-state index in [0.29, 0.717) is 17.1 Å². The number of hydrogen-bond acceptors (Lipinski definition) is 4. The molecule has 6 nitrogen and oxygen atoms in total. The van der Waals surface area contributed by atoms with Crippen LogP contribution in [0, 0.1) is 0 Å². The van der Waals surface area contributed by atoms with Gasteiger partial charge in [0.25, 0.3) is 0 Å². The molecule has 0 bridgehead atoms. The van der Waals surface area contributed by atoms with Crippen molar-refractivity contribution in [3.05, 3.63) is 17.8 Å². The van der Waals surface area contributed by atoms with Gasteiger partial charge in [0.1, 0.15) is 11.4 Å². The van der Waals surface area contributed by atoms with Gasteiger partial charge in [-0.25, -0.2) is 18.6 Å². The molecule has 8 heteroatoms. The van der Waals surface area contributed by atoms with E-state index in [-0.39, 0.29) is 31.6 Å². The quantitative estimate of drug-likeness (QED) is 0.818. The maximum absolute atomic E-state index is 13.6. The van der Waals surface area contributed by atoms with Crippen molar-refractivity contribution in [3.63, 3.8) is 0 Å². The normalized spacial score (nSPS) is 20.8. The highest BCUT2D eigenvalue weighted by Crippen LogP contribution is 2.52. The smallest absolute Gasteiger partial charge is 0.412 e. The summed E-state index contributed by atoms with van der Waals surface area (Å²) in [5, 5.41) is 2.59. The van der Waals surface area contributed by atoms with Crippen LogP contribution in [0.1, 0.15) is 52.0 Å². The van der Waals surface area contributed by atoms with E-state index >= 15 is 0 Å². The molecule has 2 heterocycles. The molecule has 1 spiro atoms. The number of ether oxygens (including phenoxy) is 1. The van der Waals surface area contributed by atoms with Crippen LogP contribution in [-0.4, -0.2) is 35.6 Å². The second kappa shape index (κ2) is 5.89. The van der Waals surface area contributed by atoms with E-state index in [1.807, 2.05) is 0 Å². The number of halogens is 2. The summed E-state index contributed by atoms with van der Waals surface area (Å²) in [5.74, 6) is -2.51. The minimum Gasteiger partial charge on any atom is -0.444 e. The fourth-order valence-electron chi connectivity index (χ4n) is 3.62. The summed E-state index contributed by atoms with van der Waals surface area (Å²) in [6.45, 7) is 5.25. The molecule has 2 aliphatic rings. The molecule has 1 fully saturated rings. The molecular formula is C18H23F2N3O3. The highest BCUT2D eigenvalue weighted by Gasteiger charge is 2.55. The highest BCUT2D eigenvalue weighted by molar-refractivity contribution is 6.07. The highest BCUT2D eigenvalue weighted by atomic mass is 19.3. The molecule has 142 valence electrons. The van der Waals surface area contributed by atoms with Crippen LogP contribution in [0.5, 0.6) is 0 Å². The number of nitrogens with one attached hydrogen (secondary N) is 1. The van der Waals surface area contributed by atoms with E-state index in [1.54, 1.807) is 33.9 Å². The van der Waals surface area contributed by atoms with Crippen molar-refractivity contribution in [1.29, 1.82) is 0 Å².